The molecule has 1 rings (SSSR count). The minimum atomic E-state index is 0. The van der Waals surface area contributed by atoms with Crippen molar-refractivity contribution in [3.63, 3.8) is 0 Å². The van der Waals surface area contributed by atoms with Gasteiger partial charge < -0.3 is 0 Å². The number of unbranched alkanes of at least 4 members (excludes halogenated alkanes) is 1. The summed E-state index contributed by atoms with van der Waals surface area (Å²) in [4.78, 5) is 4.24. The Morgan fingerprint density at radius 2 is 1.14 bits per heavy atom. The summed E-state index contributed by atoms with van der Waals surface area (Å²) in [6.45, 7) is 36.9. The standard InChI is InChI=1S/C9H13N.C6H14.C6H10.C4H10.C2H6.CH4/c1-6-5-10-9(4)8(3)7(6)2;1-5-6(2,3)4;1-5(2)6(3)4;1-3-4-2;1-2;/h5H,1-4H3;5H2,1-4H3;1,3H2,2,4H3;3-4H2,1-2H3;1-2H3;1H4. The third-order valence-electron chi connectivity index (χ3n) is 4.44. The van der Waals surface area contributed by atoms with E-state index in [2.05, 4.69) is 80.5 Å². The predicted octanol–water partition coefficient (Wildman–Crippen LogP) is 10.4. The molecule has 0 unspecified atom stereocenters. The van der Waals surface area contributed by atoms with Gasteiger partial charge in [0.05, 0.1) is 0 Å². The molecule has 1 heterocycles. The zero-order chi connectivity index (χ0) is 23.5. The van der Waals surface area contributed by atoms with Gasteiger partial charge in [-0.2, -0.15) is 0 Å². The molecule has 0 amide bonds. The summed E-state index contributed by atoms with van der Waals surface area (Å²) in [5.41, 5.74) is 7.78. The van der Waals surface area contributed by atoms with Gasteiger partial charge in [-0.05, 0) is 63.6 Å². The lowest BCUT2D eigenvalue weighted by molar-refractivity contribution is 0.398. The van der Waals surface area contributed by atoms with Gasteiger partial charge in [0, 0.05) is 11.9 Å². The maximum absolute atomic E-state index is 4.24. The van der Waals surface area contributed by atoms with Gasteiger partial charge in [0.15, 0.2) is 0 Å². The minimum Gasteiger partial charge on any atom is -0.261 e. The molecule has 29 heavy (non-hydrogen) atoms. The number of hydrogen-bond acceptors (Lipinski definition) is 1. The number of nitrogens with zero attached hydrogens (tertiary/aromatic N) is 1. The topological polar surface area (TPSA) is 12.9 Å². The molecular weight excluding hydrogens is 350 g/mol. The van der Waals surface area contributed by atoms with Gasteiger partial charge in [-0.1, -0.05) is 106 Å². The van der Waals surface area contributed by atoms with Crippen LogP contribution >= 0.6 is 0 Å². The smallest absolute Gasteiger partial charge is 0.0404 e. The van der Waals surface area contributed by atoms with Crippen LogP contribution in [-0.4, -0.2) is 4.98 Å². The van der Waals surface area contributed by atoms with Crippen molar-refractivity contribution in [3.8, 4) is 0 Å². The Morgan fingerprint density at radius 3 is 1.31 bits per heavy atom. The van der Waals surface area contributed by atoms with E-state index in [1.165, 1.54) is 36.0 Å². The van der Waals surface area contributed by atoms with Crippen LogP contribution in [0.25, 0.3) is 0 Å². The third-order valence-corrected chi connectivity index (χ3v) is 4.44. The lowest BCUT2D eigenvalue weighted by Gasteiger charge is -2.12. The molecule has 0 aromatic carbocycles. The average molecular weight is 408 g/mol. The lowest BCUT2D eigenvalue weighted by Crippen LogP contribution is -2.00. The highest BCUT2D eigenvalue weighted by Gasteiger charge is 2.03. The third kappa shape index (κ3) is 28.9. The van der Waals surface area contributed by atoms with E-state index in [1.807, 2.05) is 40.8 Å². The number of allylic oxidation sites excluding steroid dienone is 2. The second kappa shape index (κ2) is 22.9. The van der Waals surface area contributed by atoms with Gasteiger partial charge in [-0.25, -0.2) is 0 Å². The summed E-state index contributed by atoms with van der Waals surface area (Å²) < 4.78 is 0. The molecule has 0 saturated heterocycles. The molecule has 0 saturated carbocycles. The van der Waals surface area contributed by atoms with Crippen molar-refractivity contribution in [1.82, 2.24) is 4.98 Å². The Bertz CT molecular complexity index is 475. The van der Waals surface area contributed by atoms with Gasteiger partial charge in [0.1, 0.15) is 0 Å². The van der Waals surface area contributed by atoms with Crippen molar-refractivity contribution in [2.45, 2.75) is 124 Å². The highest BCUT2D eigenvalue weighted by Crippen LogP contribution is 2.16. The van der Waals surface area contributed by atoms with Gasteiger partial charge in [-0.3, -0.25) is 4.98 Å². The van der Waals surface area contributed by atoms with E-state index < -0.39 is 0 Å². The molecule has 0 radical (unpaired) electrons. The summed E-state index contributed by atoms with van der Waals surface area (Å²) >= 11 is 0. The SMILES string of the molecule is C.C=C(C)C(=C)C.CC.CCC(C)(C)C.CCCC.Cc1cnc(C)c(C)c1C. The van der Waals surface area contributed by atoms with Crippen LogP contribution in [0.15, 0.2) is 30.5 Å². The quantitative estimate of drug-likeness (QED) is 0.444. The first-order chi connectivity index (χ1) is 12.7. The Hall–Kier alpha value is -1.37. The van der Waals surface area contributed by atoms with Crippen LogP contribution in [-0.2, 0) is 0 Å². The molecule has 0 fully saturated rings. The van der Waals surface area contributed by atoms with Crippen LogP contribution < -0.4 is 0 Å². The fourth-order valence-corrected chi connectivity index (χ4v) is 0.954. The Kier molecular flexibility index (Phi) is 30.2. The Labute approximate surface area is 187 Å². The zero-order valence-electron chi connectivity index (χ0n) is 22.1. The van der Waals surface area contributed by atoms with E-state index in [1.54, 1.807) is 0 Å². The second-order valence-electron chi connectivity index (χ2n) is 8.25. The summed E-state index contributed by atoms with van der Waals surface area (Å²) in [5.74, 6) is 0. The summed E-state index contributed by atoms with van der Waals surface area (Å²) in [5, 5.41) is 0. The first kappa shape index (κ1) is 38.3. The Morgan fingerprint density at radius 1 is 0.828 bits per heavy atom. The molecule has 0 atom stereocenters. The predicted molar refractivity (Wildman–Crippen MR) is 141 cm³/mol. The van der Waals surface area contributed by atoms with Crippen molar-refractivity contribution < 1.29 is 0 Å². The van der Waals surface area contributed by atoms with Crippen LogP contribution in [0, 0.1) is 33.1 Å². The monoisotopic (exact) mass is 407 g/mol. The van der Waals surface area contributed by atoms with Crippen molar-refractivity contribution in [2.24, 2.45) is 5.41 Å². The fourth-order valence-electron chi connectivity index (χ4n) is 0.954. The maximum Gasteiger partial charge on any atom is 0.0404 e. The first-order valence-electron chi connectivity index (χ1n) is 11.0. The Balaban J connectivity index is -0.0000000895. The largest absolute Gasteiger partial charge is 0.261 e. The van der Waals surface area contributed by atoms with Gasteiger partial charge in [0.2, 0.25) is 0 Å². The molecule has 0 N–H and O–H groups in total. The number of aromatic nitrogens is 1. The zero-order valence-corrected chi connectivity index (χ0v) is 22.1. The maximum atomic E-state index is 4.24. The molecule has 174 valence electrons. The molecule has 1 heteroatoms. The van der Waals surface area contributed by atoms with Crippen molar-refractivity contribution >= 4 is 0 Å². The van der Waals surface area contributed by atoms with Crippen LogP contribution in [0.3, 0.4) is 0 Å². The average Bonchev–Trinajstić information content (AvgIpc) is 2.65. The number of pyridine rings is 1. The molecule has 0 spiro atoms. The molecule has 1 nitrogen and oxygen atoms in total. The highest BCUT2D eigenvalue weighted by molar-refractivity contribution is 5.32. The van der Waals surface area contributed by atoms with E-state index in [9.17, 15) is 0 Å². The van der Waals surface area contributed by atoms with Crippen molar-refractivity contribution in [1.29, 1.82) is 0 Å². The van der Waals surface area contributed by atoms with Gasteiger partial charge in [0.25, 0.3) is 0 Å². The van der Waals surface area contributed by atoms with Crippen LogP contribution in [0.4, 0.5) is 0 Å². The molecule has 0 aliphatic rings. The molecule has 0 aliphatic carbocycles. The van der Waals surface area contributed by atoms with Crippen LogP contribution in [0.1, 0.15) is 118 Å². The molecular formula is C28H57N. The summed E-state index contributed by atoms with van der Waals surface area (Å²) in [6.07, 6.45) is 5.84. The number of hydrogen-bond donors (Lipinski definition) is 0. The van der Waals surface area contributed by atoms with Crippen LogP contribution in [0.2, 0.25) is 0 Å². The van der Waals surface area contributed by atoms with Gasteiger partial charge >= 0.3 is 0 Å². The van der Waals surface area contributed by atoms with E-state index >= 15 is 0 Å². The minimum absolute atomic E-state index is 0. The molecule has 0 bridgehead atoms. The van der Waals surface area contributed by atoms with E-state index in [0.717, 1.165) is 16.8 Å². The van der Waals surface area contributed by atoms with Crippen molar-refractivity contribution in [2.75, 3.05) is 0 Å². The molecule has 0 aliphatic heterocycles. The molecule has 1 aromatic rings. The highest BCUT2D eigenvalue weighted by atomic mass is 14.7. The second-order valence-corrected chi connectivity index (χ2v) is 8.25. The molecule has 1 aromatic heterocycles. The van der Waals surface area contributed by atoms with Crippen molar-refractivity contribution in [3.05, 3.63) is 52.9 Å². The normalized spacial score (nSPS) is 8.76. The first-order valence-corrected chi connectivity index (χ1v) is 11.0. The summed E-state index contributed by atoms with van der Waals surface area (Å²) in [6, 6.07) is 0. The fraction of sp³-hybridized carbons (Fsp3) is 0.679. The number of aryl methyl sites for hydroxylation is 2. The van der Waals surface area contributed by atoms with E-state index in [4.69, 9.17) is 0 Å². The van der Waals surface area contributed by atoms with E-state index in [-0.39, 0.29) is 7.43 Å². The summed E-state index contributed by atoms with van der Waals surface area (Å²) in [7, 11) is 0. The lowest BCUT2D eigenvalue weighted by atomic mass is 9.94. The van der Waals surface area contributed by atoms with E-state index in [0.29, 0.717) is 5.41 Å². The number of rotatable bonds is 2. The van der Waals surface area contributed by atoms with Crippen LogP contribution in [0.5, 0.6) is 0 Å². The van der Waals surface area contributed by atoms with Gasteiger partial charge in [-0.15, -0.1) is 0 Å².